The predicted octanol–water partition coefficient (Wildman–Crippen LogP) is 0.162. The Bertz CT molecular complexity index is 32.5. The average Bonchev–Trinajstić information content (AvgIpc) is 0.918. The van der Waals surface area contributed by atoms with Crippen LogP contribution in [0.15, 0.2) is 0 Å². The summed E-state index contributed by atoms with van der Waals surface area (Å²) in [5.74, 6) is 0. The summed E-state index contributed by atoms with van der Waals surface area (Å²) in [6, 6.07) is 1.25. The molecule has 0 aliphatic heterocycles. The van der Waals surface area contributed by atoms with Gasteiger partial charge in [0.15, 0.2) is 0 Å². The molecule has 0 fully saturated rings. The second-order valence-electron chi connectivity index (χ2n) is 0.125. The maximum absolute atomic E-state index is 5.62. The molecule has 0 aliphatic rings. The minimum atomic E-state index is 0. The van der Waals surface area contributed by atoms with Gasteiger partial charge in [-0.3, -0.25) is 0 Å². The first-order chi connectivity index (χ1) is 1.41. The molecule has 0 radical (unpaired) electrons. The fourth-order valence-corrected chi connectivity index (χ4v) is 0. The summed E-state index contributed by atoms with van der Waals surface area (Å²) in [5, 5.41) is 11.2. The quantitative estimate of drug-likeness (QED) is 0.348. The first kappa shape index (κ1) is 8.85. The molecule has 0 amide bonds. The molecule has 2 N–H and O–H groups in total. The van der Waals surface area contributed by atoms with Crippen LogP contribution < -0.4 is 0 Å². The number of hydrogen-bond acceptors (Lipinski definition) is 2. The molecule has 0 aliphatic carbocycles. The van der Waals surface area contributed by atoms with Gasteiger partial charge < -0.3 is 2.85 Å². The molecule has 0 spiro atoms. The fraction of sp³-hybridized carbons (Fsp3) is 0. The summed E-state index contributed by atoms with van der Waals surface area (Å²) in [6.45, 7) is 0. The number of nitrogens with one attached hydrogen (secondary N) is 2. The van der Waals surface area contributed by atoms with Crippen LogP contribution >= 0.6 is 0 Å². The third-order valence-electron chi connectivity index (χ3n) is 0. The van der Waals surface area contributed by atoms with E-state index in [1.807, 2.05) is 0 Å². The molecule has 0 aromatic rings. The molecule has 2 nitrogen and oxygen atoms in total. The number of rotatable bonds is 0. The van der Waals surface area contributed by atoms with Gasteiger partial charge in [0.05, 0.1) is 6.01 Å². The monoisotopic (exact) mass is 132 g/mol. The van der Waals surface area contributed by atoms with Gasteiger partial charge in [-0.1, -0.05) is 0 Å². The fourth-order valence-electron chi connectivity index (χ4n) is 0. The van der Waals surface area contributed by atoms with Crippen LogP contribution in [0.25, 0.3) is 0 Å². The van der Waals surface area contributed by atoms with Crippen molar-refractivity contribution in [1.82, 2.24) is 0 Å². The molecule has 4 heavy (non-hydrogen) atoms. The van der Waals surface area contributed by atoms with E-state index in [9.17, 15) is 0 Å². The van der Waals surface area contributed by atoms with Crippen molar-refractivity contribution in [2.75, 3.05) is 0 Å². The van der Waals surface area contributed by atoms with Crippen LogP contribution in [0.3, 0.4) is 0 Å². The Morgan fingerprint density at radius 1 is 1.50 bits per heavy atom. The van der Waals surface area contributed by atoms with Crippen molar-refractivity contribution in [2.24, 2.45) is 0 Å². The zero-order valence-electron chi connectivity index (χ0n) is 4.21. The van der Waals surface area contributed by atoms with Gasteiger partial charge in [0.25, 0.3) is 0 Å². The molecule has 0 atom stereocenters. The predicted molar refractivity (Wildman–Crippen MR) is 18.4 cm³/mol. The van der Waals surface area contributed by atoms with Crippen molar-refractivity contribution in [3.05, 3.63) is 0 Å². The molecule has 0 bridgehead atoms. The normalized spacial score (nSPS) is 2.00. The Hall–Kier alpha value is 0.861. The van der Waals surface area contributed by atoms with Gasteiger partial charge in [-0.15, -0.1) is 0 Å². The van der Waals surface area contributed by atoms with Crippen molar-refractivity contribution in [1.29, 1.82) is 10.8 Å². The molecule has 0 aromatic carbocycles. The molecular formula is CH4N2Sr. The number of hydrogen-bond donors (Lipinski definition) is 2. The molecule has 0 heterocycles. The summed E-state index contributed by atoms with van der Waals surface area (Å²) in [4.78, 5) is 0. The van der Waals surface area contributed by atoms with Crippen molar-refractivity contribution in [3.8, 4) is 0 Å². The second-order valence-corrected chi connectivity index (χ2v) is 0.125. The molecule has 0 aromatic heterocycles. The van der Waals surface area contributed by atoms with Gasteiger partial charge in [0, 0.05) is 0 Å². The van der Waals surface area contributed by atoms with Crippen LogP contribution in [0.5, 0.6) is 0 Å². The van der Waals surface area contributed by atoms with Crippen molar-refractivity contribution >= 4 is 51.5 Å². The van der Waals surface area contributed by atoms with Gasteiger partial charge in [0.1, 0.15) is 0 Å². The minimum Gasteiger partial charge on any atom is -1.00 e. The summed E-state index contributed by atoms with van der Waals surface area (Å²) in [7, 11) is 0. The Morgan fingerprint density at radius 3 is 1.50 bits per heavy atom. The standard InChI is InChI=1S/CH2N2.Sr.2H/c2-1-3;;;/h2-3H;;;/q;+2;2*-1. The van der Waals surface area contributed by atoms with Gasteiger partial charge in [0.2, 0.25) is 0 Å². The van der Waals surface area contributed by atoms with Crippen LogP contribution in [-0.4, -0.2) is 51.5 Å². The summed E-state index contributed by atoms with van der Waals surface area (Å²) >= 11 is 0. The summed E-state index contributed by atoms with van der Waals surface area (Å²) in [6.07, 6.45) is 0. The van der Waals surface area contributed by atoms with E-state index in [1.54, 1.807) is 0 Å². The van der Waals surface area contributed by atoms with Crippen molar-refractivity contribution in [2.45, 2.75) is 0 Å². The molecule has 0 unspecified atom stereocenters. The first-order valence-electron chi connectivity index (χ1n) is 0.500. The maximum atomic E-state index is 5.62. The maximum Gasteiger partial charge on any atom is 2.00 e. The third kappa shape index (κ3) is 13.4. The van der Waals surface area contributed by atoms with Crippen molar-refractivity contribution in [3.63, 3.8) is 0 Å². The molecule has 3 heteroatoms. The van der Waals surface area contributed by atoms with Gasteiger partial charge >= 0.3 is 45.5 Å². The van der Waals surface area contributed by atoms with E-state index in [-0.39, 0.29) is 48.3 Å². The van der Waals surface area contributed by atoms with E-state index in [4.69, 9.17) is 10.8 Å². The van der Waals surface area contributed by atoms with Gasteiger partial charge in [-0.25, -0.2) is 10.8 Å². The summed E-state index contributed by atoms with van der Waals surface area (Å²) < 4.78 is 0. The molecule has 0 saturated carbocycles. The van der Waals surface area contributed by atoms with Crippen LogP contribution in [0.4, 0.5) is 0 Å². The molecule has 0 saturated heterocycles. The van der Waals surface area contributed by atoms with Gasteiger partial charge in [-0.2, -0.15) is 0 Å². The second kappa shape index (κ2) is 9.13. The zero-order chi connectivity index (χ0) is 2.71. The SMILES string of the molecule is N=C=N.[H-].[H-].[Sr+2]. The summed E-state index contributed by atoms with van der Waals surface area (Å²) in [5.41, 5.74) is 0. The van der Waals surface area contributed by atoms with Crippen LogP contribution in [0.1, 0.15) is 2.85 Å². The Kier molecular flexibility index (Phi) is 20.2. The van der Waals surface area contributed by atoms with Crippen LogP contribution in [0, 0.1) is 10.8 Å². The van der Waals surface area contributed by atoms with Gasteiger partial charge in [-0.05, 0) is 0 Å². The largest absolute Gasteiger partial charge is 2.00 e. The van der Waals surface area contributed by atoms with Crippen LogP contribution in [0.2, 0.25) is 0 Å². The minimum absolute atomic E-state index is 0. The Balaban J connectivity index is -0.00000000667. The molecule has 0 rings (SSSR count). The van der Waals surface area contributed by atoms with E-state index in [1.165, 1.54) is 6.01 Å². The smallest absolute Gasteiger partial charge is 1.00 e. The topological polar surface area (TPSA) is 47.7 Å². The van der Waals surface area contributed by atoms with E-state index >= 15 is 0 Å². The third-order valence-corrected chi connectivity index (χ3v) is 0. The van der Waals surface area contributed by atoms with E-state index in [0.29, 0.717) is 0 Å². The first-order valence-corrected chi connectivity index (χ1v) is 0.500. The average molecular weight is 132 g/mol. The van der Waals surface area contributed by atoms with Crippen molar-refractivity contribution < 1.29 is 2.85 Å². The Morgan fingerprint density at radius 2 is 1.50 bits per heavy atom. The Labute approximate surface area is 64.5 Å². The molecule has 20 valence electrons. The van der Waals surface area contributed by atoms with E-state index in [2.05, 4.69) is 0 Å². The zero-order valence-corrected chi connectivity index (χ0v) is 5.68. The molecular weight excluding hydrogens is 128 g/mol. The van der Waals surface area contributed by atoms with Crippen LogP contribution in [-0.2, 0) is 0 Å². The van der Waals surface area contributed by atoms with E-state index < -0.39 is 0 Å². The van der Waals surface area contributed by atoms with E-state index in [0.717, 1.165) is 0 Å².